The Kier molecular flexibility index (Phi) is 5.55. The van der Waals surface area contributed by atoms with E-state index in [1.807, 2.05) is 0 Å². The van der Waals surface area contributed by atoms with Crippen LogP contribution in [0, 0.1) is 5.82 Å². The maximum absolute atomic E-state index is 13.0. The third-order valence-electron chi connectivity index (χ3n) is 3.18. The van der Waals surface area contributed by atoms with Crippen molar-refractivity contribution in [2.24, 2.45) is 0 Å². The first-order valence-electron chi connectivity index (χ1n) is 6.65. The molecule has 1 amide bonds. The highest BCUT2D eigenvalue weighted by Crippen LogP contribution is 2.21. The van der Waals surface area contributed by atoms with Crippen LogP contribution in [0.5, 0.6) is 0 Å². The van der Waals surface area contributed by atoms with Crippen LogP contribution in [0.25, 0.3) is 0 Å². The Hall–Kier alpha value is -2.00. The van der Waals surface area contributed by atoms with Crippen molar-refractivity contribution >= 4 is 33.2 Å². The Morgan fingerprint density at radius 1 is 1.21 bits per heavy atom. The molecule has 0 aromatic heterocycles. The fourth-order valence-electron chi connectivity index (χ4n) is 1.83. The molecule has 9 heteroatoms. The summed E-state index contributed by atoms with van der Waals surface area (Å²) in [4.78, 5) is 16.8. The molecule has 2 aromatic rings. The summed E-state index contributed by atoms with van der Waals surface area (Å²) in [5, 5.41) is 2.53. The number of hydrogen-bond donors (Lipinski definition) is 1. The highest BCUT2D eigenvalue weighted by molar-refractivity contribution is 7.89. The van der Waals surface area contributed by atoms with Crippen LogP contribution in [-0.4, -0.2) is 33.0 Å². The zero-order chi connectivity index (χ0) is 17.9. The van der Waals surface area contributed by atoms with Crippen molar-refractivity contribution in [1.29, 1.82) is 0 Å². The van der Waals surface area contributed by atoms with E-state index in [0.29, 0.717) is 5.69 Å². The van der Waals surface area contributed by atoms with Crippen LogP contribution in [0.1, 0.15) is 10.4 Å². The van der Waals surface area contributed by atoms with Gasteiger partial charge in [0.05, 0.1) is 22.6 Å². The molecule has 2 rings (SSSR count). The minimum Gasteiger partial charge on any atom is -0.322 e. The van der Waals surface area contributed by atoms with Gasteiger partial charge in [-0.05, 0) is 42.5 Å². The van der Waals surface area contributed by atoms with Gasteiger partial charge in [0.25, 0.3) is 15.9 Å². The quantitative estimate of drug-likeness (QED) is 0.819. The molecule has 0 fully saturated rings. The molecule has 0 radical (unpaired) electrons. The lowest BCUT2D eigenvalue weighted by Gasteiger charge is -2.14. The van der Waals surface area contributed by atoms with Crippen LogP contribution in [0.15, 0.2) is 47.4 Å². The molecular formula is C15H14ClFN2O4S. The van der Waals surface area contributed by atoms with E-state index in [2.05, 4.69) is 10.2 Å². The molecule has 6 nitrogen and oxygen atoms in total. The number of halogens is 2. The highest BCUT2D eigenvalue weighted by atomic mass is 35.5. The third-order valence-corrected chi connectivity index (χ3v) is 5.19. The maximum atomic E-state index is 13.0. The van der Waals surface area contributed by atoms with Gasteiger partial charge >= 0.3 is 0 Å². The standard InChI is InChI=1S/C15H14ClFN2O4S/c1-19(23-2)24(21,22)12-6-4-11(5-7-12)18-15(20)13-8-3-10(17)9-14(13)16/h3-9H,1-2H3,(H,18,20). The van der Waals surface area contributed by atoms with Crippen molar-refractivity contribution < 1.29 is 22.4 Å². The van der Waals surface area contributed by atoms with Gasteiger partial charge in [-0.2, -0.15) is 0 Å². The van der Waals surface area contributed by atoms with E-state index in [9.17, 15) is 17.6 Å². The molecule has 0 heterocycles. The van der Waals surface area contributed by atoms with Crippen molar-refractivity contribution in [2.75, 3.05) is 19.5 Å². The Labute approximate surface area is 143 Å². The molecule has 0 aliphatic carbocycles. The van der Waals surface area contributed by atoms with Gasteiger partial charge in [0.1, 0.15) is 5.82 Å². The van der Waals surface area contributed by atoms with E-state index in [0.717, 1.165) is 16.6 Å². The lowest BCUT2D eigenvalue weighted by Crippen LogP contribution is -2.25. The molecule has 0 saturated heterocycles. The highest BCUT2D eigenvalue weighted by Gasteiger charge is 2.20. The molecule has 128 valence electrons. The summed E-state index contributed by atoms with van der Waals surface area (Å²) in [7, 11) is -1.26. The predicted octanol–water partition coefficient (Wildman–Crippen LogP) is 2.91. The fraction of sp³-hybridized carbons (Fsp3) is 0.133. The Morgan fingerprint density at radius 2 is 1.83 bits per heavy atom. The fourth-order valence-corrected chi connectivity index (χ4v) is 3.06. The molecule has 0 aliphatic heterocycles. The molecule has 1 N–H and O–H groups in total. The maximum Gasteiger partial charge on any atom is 0.264 e. The summed E-state index contributed by atoms with van der Waals surface area (Å²) in [5.74, 6) is -1.09. The number of carbonyl (C=O) groups excluding carboxylic acids is 1. The van der Waals surface area contributed by atoms with E-state index < -0.39 is 21.7 Å². The van der Waals surface area contributed by atoms with E-state index >= 15 is 0 Å². The van der Waals surface area contributed by atoms with Crippen molar-refractivity contribution in [1.82, 2.24) is 4.47 Å². The van der Waals surface area contributed by atoms with Gasteiger partial charge in [0, 0.05) is 12.7 Å². The number of hydroxylamine groups is 1. The SMILES string of the molecule is CON(C)S(=O)(=O)c1ccc(NC(=O)c2ccc(F)cc2Cl)cc1. The van der Waals surface area contributed by atoms with Gasteiger partial charge < -0.3 is 5.32 Å². The zero-order valence-corrected chi connectivity index (χ0v) is 14.4. The van der Waals surface area contributed by atoms with Crippen molar-refractivity contribution in [2.45, 2.75) is 4.90 Å². The summed E-state index contributed by atoms with van der Waals surface area (Å²) in [6.45, 7) is 0. The van der Waals surface area contributed by atoms with E-state index in [1.54, 1.807) is 0 Å². The largest absolute Gasteiger partial charge is 0.322 e. The van der Waals surface area contributed by atoms with E-state index in [-0.39, 0.29) is 15.5 Å². The third kappa shape index (κ3) is 3.90. The Balaban J connectivity index is 2.19. The van der Waals surface area contributed by atoms with E-state index in [4.69, 9.17) is 11.6 Å². The molecule has 0 atom stereocenters. The molecule has 0 aliphatic rings. The summed E-state index contributed by atoms with van der Waals surface area (Å²) < 4.78 is 37.8. The minimum atomic E-state index is -3.76. The number of anilines is 1. The number of benzene rings is 2. The van der Waals surface area contributed by atoms with Crippen molar-refractivity contribution in [3.05, 3.63) is 58.9 Å². The van der Waals surface area contributed by atoms with Gasteiger partial charge in [-0.1, -0.05) is 16.1 Å². The number of sulfonamides is 1. The topological polar surface area (TPSA) is 75.7 Å². The Bertz CT molecular complexity index is 856. The number of hydrogen-bond acceptors (Lipinski definition) is 4. The molecule has 0 bridgehead atoms. The molecule has 0 saturated carbocycles. The number of amides is 1. The normalized spacial score (nSPS) is 11.5. The molecule has 24 heavy (non-hydrogen) atoms. The van der Waals surface area contributed by atoms with Crippen LogP contribution in [0.2, 0.25) is 5.02 Å². The van der Waals surface area contributed by atoms with Crippen molar-refractivity contribution in [3.8, 4) is 0 Å². The lowest BCUT2D eigenvalue weighted by molar-refractivity contribution is -0.0258. The van der Waals surface area contributed by atoms with Crippen LogP contribution >= 0.6 is 11.6 Å². The smallest absolute Gasteiger partial charge is 0.264 e. The Morgan fingerprint density at radius 3 is 2.38 bits per heavy atom. The van der Waals surface area contributed by atoms with Crippen LogP contribution < -0.4 is 5.32 Å². The number of rotatable bonds is 5. The average Bonchev–Trinajstić information content (AvgIpc) is 2.54. The molecular weight excluding hydrogens is 359 g/mol. The minimum absolute atomic E-state index is 0.00432. The average molecular weight is 373 g/mol. The van der Waals surface area contributed by atoms with Crippen LogP contribution in [0.4, 0.5) is 10.1 Å². The summed E-state index contributed by atoms with van der Waals surface area (Å²) in [6, 6.07) is 8.92. The summed E-state index contributed by atoms with van der Waals surface area (Å²) in [6.07, 6.45) is 0. The summed E-state index contributed by atoms with van der Waals surface area (Å²) >= 11 is 5.83. The molecule has 0 spiro atoms. The zero-order valence-electron chi connectivity index (χ0n) is 12.8. The first kappa shape index (κ1) is 18.3. The number of carbonyl (C=O) groups is 1. The second-order valence-corrected chi connectivity index (χ2v) is 7.04. The first-order valence-corrected chi connectivity index (χ1v) is 8.47. The van der Waals surface area contributed by atoms with Gasteiger partial charge in [-0.15, -0.1) is 0 Å². The number of nitrogens with one attached hydrogen (secondary N) is 1. The van der Waals surface area contributed by atoms with Crippen LogP contribution in [-0.2, 0) is 14.9 Å². The van der Waals surface area contributed by atoms with Gasteiger partial charge in [0.15, 0.2) is 0 Å². The lowest BCUT2D eigenvalue weighted by atomic mass is 10.2. The van der Waals surface area contributed by atoms with Crippen molar-refractivity contribution in [3.63, 3.8) is 0 Å². The van der Waals surface area contributed by atoms with E-state index in [1.165, 1.54) is 44.5 Å². The monoisotopic (exact) mass is 372 g/mol. The van der Waals surface area contributed by atoms with Crippen LogP contribution in [0.3, 0.4) is 0 Å². The second-order valence-electron chi connectivity index (χ2n) is 4.70. The van der Waals surface area contributed by atoms with Gasteiger partial charge in [0.2, 0.25) is 0 Å². The van der Waals surface area contributed by atoms with Gasteiger partial charge in [-0.25, -0.2) is 12.8 Å². The second kappa shape index (κ2) is 7.27. The number of nitrogens with zero attached hydrogens (tertiary/aromatic N) is 1. The predicted molar refractivity (Wildman–Crippen MR) is 87.8 cm³/mol. The molecule has 0 unspecified atom stereocenters. The van der Waals surface area contributed by atoms with Gasteiger partial charge in [-0.3, -0.25) is 9.63 Å². The first-order chi connectivity index (χ1) is 11.3. The molecule has 2 aromatic carbocycles. The summed E-state index contributed by atoms with van der Waals surface area (Å²) in [5.41, 5.74) is 0.466.